The van der Waals surface area contributed by atoms with Crippen LogP contribution < -0.4 is 0 Å². The summed E-state index contributed by atoms with van der Waals surface area (Å²) in [7, 11) is 1.64. The molecule has 5 heteroatoms. The molecule has 2 rings (SSSR count). The van der Waals surface area contributed by atoms with Crippen LogP contribution in [0.2, 0.25) is 0 Å². The Kier molecular flexibility index (Phi) is 2.51. The molecule has 0 spiro atoms. The number of ether oxygens (including phenoxy) is 1. The van der Waals surface area contributed by atoms with Crippen molar-refractivity contribution in [1.82, 2.24) is 0 Å². The molecule has 0 aliphatic carbocycles. The van der Waals surface area contributed by atoms with E-state index in [0.29, 0.717) is 13.2 Å². The van der Waals surface area contributed by atoms with Crippen LogP contribution in [-0.2, 0) is 26.8 Å². The van der Waals surface area contributed by atoms with E-state index >= 15 is 0 Å². The predicted molar refractivity (Wildman–Crippen MR) is 52.8 cm³/mol. The van der Waals surface area contributed by atoms with Crippen molar-refractivity contribution >= 4 is 19.7 Å². The summed E-state index contributed by atoms with van der Waals surface area (Å²) in [6.07, 6.45) is 0.746. The maximum Gasteiger partial charge on any atom is 0.261 e. The van der Waals surface area contributed by atoms with E-state index in [1.165, 1.54) is 6.07 Å². The van der Waals surface area contributed by atoms with Gasteiger partial charge in [0.15, 0.2) is 0 Å². The molecule has 0 saturated carbocycles. The largest absolute Gasteiger partial charge is 0.376 e. The summed E-state index contributed by atoms with van der Waals surface area (Å²) in [5, 5.41) is 0. The van der Waals surface area contributed by atoms with E-state index in [1.807, 2.05) is 0 Å². The Morgan fingerprint density at radius 3 is 2.79 bits per heavy atom. The van der Waals surface area contributed by atoms with Crippen LogP contribution in [0.4, 0.5) is 0 Å². The van der Waals surface area contributed by atoms with Gasteiger partial charge in [0.2, 0.25) is 0 Å². The molecule has 0 aromatic heterocycles. The molecule has 0 saturated heterocycles. The van der Waals surface area contributed by atoms with Crippen LogP contribution >= 0.6 is 10.7 Å². The van der Waals surface area contributed by atoms with Crippen LogP contribution in [0.5, 0.6) is 0 Å². The Hall–Kier alpha value is -0.580. The van der Waals surface area contributed by atoms with E-state index < -0.39 is 9.05 Å². The minimum absolute atomic E-state index is 0.166. The molecular formula is C9H9ClO3S. The van der Waals surface area contributed by atoms with Gasteiger partial charge in [-0.2, -0.15) is 0 Å². The highest BCUT2D eigenvalue weighted by molar-refractivity contribution is 8.13. The average molecular weight is 233 g/mol. The maximum atomic E-state index is 11.1. The molecule has 3 nitrogen and oxygen atoms in total. The molecule has 0 bridgehead atoms. The first kappa shape index (κ1) is 9.96. The summed E-state index contributed by atoms with van der Waals surface area (Å²) >= 11 is 0. The van der Waals surface area contributed by atoms with Gasteiger partial charge in [-0.3, -0.25) is 0 Å². The Morgan fingerprint density at radius 1 is 1.29 bits per heavy atom. The fourth-order valence-electron chi connectivity index (χ4n) is 1.49. The van der Waals surface area contributed by atoms with Gasteiger partial charge in [-0.25, -0.2) is 8.42 Å². The van der Waals surface area contributed by atoms with E-state index in [4.69, 9.17) is 15.4 Å². The van der Waals surface area contributed by atoms with Gasteiger partial charge < -0.3 is 4.74 Å². The van der Waals surface area contributed by atoms with Crippen LogP contribution in [0.15, 0.2) is 23.1 Å². The van der Waals surface area contributed by atoms with Crippen molar-refractivity contribution in [3.05, 3.63) is 29.3 Å². The molecule has 0 amide bonds. The molecule has 1 heterocycles. The van der Waals surface area contributed by atoms with Gasteiger partial charge in [0.1, 0.15) is 0 Å². The van der Waals surface area contributed by atoms with E-state index in [2.05, 4.69) is 0 Å². The van der Waals surface area contributed by atoms with Crippen LogP contribution in [-0.4, -0.2) is 15.0 Å². The summed E-state index contributed by atoms with van der Waals surface area (Å²) in [6, 6.07) is 4.89. The molecule has 0 N–H and O–H groups in total. The molecule has 0 fully saturated rings. The van der Waals surface area contributed by atoms with Gasteiger partial charge in [0.05, 0.1) is 18.1 Å². The van der Waals surface area contributed by atoms with Crippen molar-refractivity contribution in [3.8, 4) is 0 Å². The minimum Gasteiger partial charge on any atom is -0.376 e. The lowest BCUT2D eigenvalue weighted by Crippen LogP contribution is -2.10. The van der Waals surface area contributed by atoms with E-state index in [9.17, 15) is 8.42 Å². The summed E-state index contributed by atoms with van der Waals surface area (Å²) < 4.78 is 27.3. The molecular weight excluding hydrogens is 224 g/mol. The van der Waals surface area contributed by atoms with Crippen molar-refractivity contribution in [2.24, 2.45) is 0 Å². The quantitative estimate of drug-likeness (QED) is 0.692. The Labute approximate surface area is 87.1 Å². The lowest BCUT2D eigenvalue weighted by atomic mass is 10.0. The number of halogens is 1. The third-order valence-corrected chi connectivity index (χ3v) is 3.58. The summed E-state index contributed by atoms with van der Waals surface area (Å²) in [6.45, 7) is 1.19. The zero-order valence-electron chi connectivity index (χ0n) is 7.36. The molecule has 1 aliphatic rings. The number of rotatable bonds is 1. The number of fused-ring (bicyclic) bond motifs is 1. The summed E-state index contributed by atoms with van der Waals surface area (Å²) in [5.41, 5.74) is 2.05. The highest BCUT2D eigenvalue weighted by Gasteiger charge is 2.15. The van der Waals surface area contributed by atoms with Gasteiger partial charge in [-0.1, -0.05) is 6.07 Å². The van der Waals surface area contributed by atoms with Gasteiger partial charge in [0.25, 0.3) is 9.05 Å². The molecule has 0 atom stereocenters. The predicted octanol–water partition coefficient (Wildman–Crippen LogP) is 1.69. The molecule has 14 heavy (non-hydrogen) atoms. The second-order valence-corrected chi connectivity index (χ2v) is 5.74. The van der Waals surface area contributed by atoms with Crippen molar-refractivity contribution in [1.29, 1.82) is 0 Å². The third-order valence-electron chi connectivity index (χ3n) is 2.23. The maximum absolute atomic E-state index is 11.1. The Balaban J connectivity index is 2.49. The number of benzene rings is 1. The second-order valence-electron chi connectivity index (χ2n) is 3.17. The lowest BCUT2D eigenvalue weighted by Gasteiger charge is -2.16. The topological polar surface area (TPSA) is 43.4 Å². The SMILES string of the molecule is O=S(=O)(Cl)c1ccc2c(c1)CCOC2. The first-order chi connectivity index (χ1) is 6.57. The third kappa shape index (κ3) is 1.92. The van der Waals surface area contributed by atoms with Gasteiger partial charge in [0, 0.05) is 10.7 Å². The fourth-order valence-corrected chi connectivity index (χ4v) is 2.29. The van der Waals surface area contributed by atoms with E-state index in [1.54, 1.807) is 12.1 Å². The zero-order valence-corrected chi connectivity index (χ0v) is 8.94. The normalized spacial score (nSPS) is 16.4. The zero-order chi connectivity index (χ0) is 10.2. The molecule has 0 unspecified atom stereocenters. The van der Waals surface area contributed by atoms with Crippen LogP contribution in [0.3, 0.4) is 0 Å². The Bertz CT molecular complexity index is 453. The van der Waals surface area contributed by atoms with Gasteiger partial charge in [-0.15, -0.1) is 0 Å². The first-order valence-corrected chi connectivity index (χ1v) is 6.52. The summed E-state index contributed by atoms with van der Waals surface area (Å²) in [5.74, 6) is 0. The fraction of sp³-hybridized carbons (Fsp3) is 0.333. The van der Waals surface area contributed by atoms with Crippen LogP contribution in [0.1, 0.15) is 11.1 Å². The summed E-state index contributed by atoms with van der Waals surface area (Å²) in [4.78, 5) is 0.166. The molecule has 1 aromatic carbocycles. The second kappa shape index (κ2) is 3.53. The highest BCUT2D eigenvalue weighted by Crippen LogP contribution is 2.22. The van der Waals surface area contributed by atoms with Crippen LogP contribution in [0.25, 0.3) is 0 Å². The molecule has 76 valence electrons. The lowest BCUT2D eigenvalue weighted by molar-refractivity contribution is 0.110. The van der Waals surface area contributed by atoms with Crippen molar-refractivity contribution in [3.63, 3.8) is 0 Å². The van der Waals surface area contributed by atoms with Gasteiger partial charge in [-0.05, 0) is 29.7 Å². The van der Waals surface area contributed by atoms with Crippen molar-refractivity contribution in [2.45, 2.75) is 17.9 Å². The molecule has 0 radical (unpaired) electrons. The smallest absolute Gasteiger partial charge is 0.261 e. The highest BCUT2D eigenvalue weighted by atomic mass is 35.7. The average Bonchev–Trinajstić information content (AvgIpc) is 2.16. The van der Waals surface area contributed by atoms with Crippen molar-refractivity contribution in [2.75, 3.05) is 6.61 Å². The van der Waals surface area contributed by atoms with E-state index in [-0.39, 0.29) is 4.90 Å². The number of hydrogen-bond donors (Lipinski definition) is 0. The molecule has 1 aliphatic heterocycles. The Morgan fingerprint density at radius 2 is 2.07 bits per heavy atom. The number of hydrogen-bond acceptors (Lipinski definition) is 3. The monoisotopic (exact) mass is 232 g/mol. The van der Waals surface area contributed by atoms with E-state index in [0.717, 1.165) is 17.5 Å². The van der Waals surface area contributed by atoms with Gasteiger partial charge >= 0.3 is 0 Å². The van der Waals surface area contributed by atoms with Crippen LogP contribution in [0, 0.1) is 0 Å². The minimum atomic E-state index is -3.60. The van der Waals surface area contributed by atoms with Crippen molar-refractivity contribution < 1.29 is 13.2 Å². The molecule has 1 aromatic rings. The first-order valence-electron chi connectivity index (χ1n) is 4.21. The standard InChI is InChI=1S/C9H9ClO3S/c10-14(11,12)9-2-1-8-6-13-4-3-7(8)5-9/h1-2,5H,3-4,6H2.